The summed E-state index contributed by atoms with van der Waals surface area (Å²) < 4.78 is 47.6. The monoisotopic (exact) mass is 493 g/mol. The van der Waals surface area contributed by atoms with Gasteiger partial charge in [-0.1, -0.05) is 35.3 Å². The molecule has 5 rings (SSSR count). The first kappa shape index (κ1) is 21.9. The number of hydrogen-bond acceptors (Lipinski definition) is 3. The molecule has 1 atom stereocenters. The molecule has 0 N–H and O–H groups in total. The number of amides is 1. The highest BCUT2D eigenvalue weighted by molar-refractivity contribution is 6.33. The average Bonchev–Trinajstić information content (AvgIpc) is 3.53. The smallest absolute Gasteiger partial charge is 0.420 e. The molecule has 1 aliphatic heterocycles. The molecule has 1 aliphatic rings. The van der Waals surface area contributed by atoms with E-state index in [1.807, 2.05) is 18.2 Å². The van der Waals surface area contributed by atoms with Crippen LogP contribution in [0.25, 0.3) is 16.8 Å². The third-order valence-corrected chi connectivity index (χ3v) is 6.42. The van der Waals surface area contributed by atoms with E-state index < -0.39 is 23.3 Å². The number of furan rings is 1. The summed E-state index contributed by atoms with van der Waals surface area (Å²) >= 11 is 12.5. The van der Waals surface area contributed by atoms with Crippen LogP contribution in [0.1, 0.15) is 34.0 Å². The number of alkyl halides is 3. The molecule has 0 spiro atoms. The maximum atomic E-state index is 13.8. The van der Waals surface area contributed by atoms with E-state index in [1.54, 1.807) is 17.0 Å². The molecule has 1 aromatic carbocycles. The molecule has 3 aromatic heterocycles. The van der Waals surface area contributed by atoms with Gasteiger partial charge in [0.05, 0.1) is 18.1 Å². The maximum Gasteiger partial charge on any atom is 0.420 e. The van der Waals surface area contributed by atoms with Crippen molar-refractivity contribution < 1.29 is 22.4 Å². The van der Waals surface area contributed by atoms with Crippen LogP contribution in [0, 0.1) is 0 Å². The molecule has 1 fully saturated rings. The van der Waals surface area contributed by atoms with Crippen molar-refractivity contribution in [2.75, 3.05) is 13.1 Å². The molecule has 1 amide bonds. The summed E-state index contributed by atoms with van der Waals surface area (Å²) in [7, 11) is 0. The van der Waals surface area contributed by atoms with Gasteiger partial charge in [0.25, 0.3) is 5.91 Å². The van der Waals surface area contributed by atoms with Crippen LogP contribution in [-0.2, 0) is 6.18 Å². The Morgan fingerprint density at radius 3 is 2.67 bits per heavy atom. The highest BCUT2D eigenvalue weighted by Gasteiger charge is 2.37. The summed E-state index contributed by atoms with van der Waals surface area (Å²) in [6.07, 6.45) is 0.122. The number of pyridine rings is 1. The molecular formula is C23H16Cl2F3N3O2. The zero-order chi connectivity index (χ0) is 23.3. The van der Waals surface area contributed by atoms with E-state index >= 15 is 0 Å². The van der Waals surface area contributed by atoms with Crippen molar-refractivity contribution in [3.8, 4) is 11.1 Å². The van der Waals surface area contributed by atoms with Crippen molar-refractivity contribution >= 4 is 34.8 Å². The second kappa shape index (κ2) is 8.11. The summed E-state index contributed by atoms with van der Waals surface area (Å²) in [5, 5.41) is 0.436. The lowest BCUT2D eigenvalue weighted by molar-refractivity contribution is -0.136. The normalized spacial score (nSPS) is 16.6. The van der Waals surface area contributed by atoms with E-state index in [-0.39, 0.29) is 22.3 Å². The van der Waals surface area contributed by atoms with Gasteiger partial charge in [-0.2, -0.15) is 13.2 Å². The van der Waals surface area contributed by atoms with Gasteiger partial charge in [-0.15, -0.1) is 0 Å². The fourth-order valence-corrected chi connectivity index (χ4v) is 4.63. The predicted molar refractivity (Wildman–Crippen MR) is 118 cm³/mol. The lowest BCUT2D eigenvalue weighted by Gasteiger charge is -2.15. The Morgan fingerprint density at radius 2 is 1.97 bits per heavy atom. The first-order valence-electron chi connectivity index (χ1n) is 10.1. The van der Waals surface area contributed by atoms with Crippen molar-refractivity contribution in [1.29, 1.82) is 0 Å². The molecule has 0 aliphatic carbocycles. The lowest BCUT2D eigenvalue weighted by Crippen LogP contribution is -2.29. The summed E-state index contributed by atoms with van der Waals surface area (Å²) in [6.45, 7) is 0.836. The number of nitrogens with zero attached hydrogens (tertiary/aromatic N) is 3. The van der Waals surface area contributed by atoms with Gasteiger partial charge < -0.3 is 9.32 Å². The Bertz CT molecular complexity index is 1350. The Labute approximate surface area is 196 Å². The highest BCUT2D eigenvalue weighted by atomic mass is 35.5. The molecule has 0 radical (unpaired) electrons. The average molecular weight is 494 g/mol. The number of carbonyl (C=O) groups is 1. The number of fused-ring (bicyclic) bond motifs is 1. The highest BCUT2D eigenvalue weighted by Crippen LogP contribution is 2.38. The number of carbonyl (C=O) groups excluding carboxylic acids is 1. The quantitative estimate of drug-likeness (QED) is 0.325. The van der Waals surface area contributed by atoms with Crippen molar-refractivity contribution in [3.63, 3.8) is 0 Å². The van der Waals surface area contributed by atoms with Crippen LogP contribution < -0.4 is 0 Å². The molecule has 10 heteroatoms. The summed E-state index contributed by atoms with van der Waals surface area (Å²) in [5.74, 6) is -0.437. The number of rotatable bonds is 3. The lowest BCUT2D eigenvalue weighted by atomic mass is 9.99. The molecular weight excluding hydrogens is 478 g/mol. The summed E-state index contributed by atoms with van der Waals surface area (Å²) in [5.41, 5.74) is 0.0725. The van der Waals surface area contributed by atoms with Gasteiger partial charge in [-0.3, -0.25) is 9.20 Å². The van der Waals surface area contributed by atoms with Crippen molar-refractivity contribution in [2.24, 2.45) is 0 Å². The molecule has 5 nitrogen and oxygen atoms in total. The number of aromatic nitrogens is 2. The number of hydrogen-bond donors (Lipinski definition) is 0. The first-order valence-corrected chi connectivity index (χ1v) is 10.8. The predicted octanol–water partition coefficient (Wildman–Crippen LogP) is 6.55. The molecule has 4 heterocycles. The zero-order valence-corrected chi connectivity index (χ0v) is 18.5. The van der Waals surface area contributed by atoms with E-state index in [9.17, 15) is 18.0 Å². The Balaban J connectivity index is 1.52. The van der Waals surface area contributed by atoms with Gasteiger partial charge in [0.2, 0.25) is 0 Å². The van der Waals surface area contributed by atoms with Crippen LogP contribution in [0.2, 0.25) is 10.2 Å². The van der Waals surface area contributed by atoms with Crippen LogP contribution in [0.3, 0.4) is 0 Å². The van der Waals surface area contributed by atoms with Gasteiger partial charge in [0.15, 0.2) is 11.3 Å². The summed E-state index contributed by atoms with van der Waals surface area (Å²) in [6, 6.07) is 9.93. The third kappa shape index (κ3) is 3.98. The largest absolute Gasteiger partial charge is 0.472 e. The fourth-order valence-electron chi connectivity index (χ4n) is 4.18. The van der Waals surface area contributed by atoms with Gasteiger partial charge in [0, 0.05) is 41.4 Å². The van der Waals surface area contributed by atoms with E-state index in [1.165, 1.54) is 18.7 Å². The second-order valence-corrected chi connectivity index (χ2v) is 8.68. The molecule has 4 aromatic rings. The minimum absolute atomic E-state index is 0.0712. The molecule has 33 heavy (non-hydrogen) atoms. The van der Waals surface area contributed by atoms with E-state index in [0.29, 0.717) is 30.1 Å². The standard InChI is InChI=1S/C23H16Cl2F3N3O2/c24-17-3-1-2-13(8-17)14-4-6-30(10-14)22(32)19-20(25)31-11-16(15-5-7-33-12-15)9-18(21(31)29-19)23(26,27)28/h1-3,5,7-9,11-12,14H,4,6,10H2. The Morgan fingerprint density at radius 1 is 1.15 bits per heavy atom. The van der Waals surface area contributed by atoms with Crippen molar-refractivity contribution in [3.05, 3.63) is 82.1 Å². The number of likely N-dealkylation sites (tertiary alicyclic amines) is 1. The topological polar surface area (TPSA) is 50.8 Å². The van der Waals surface area contributed by atoms with E-state index in [4.69, 9.17) is 27.6 Å². The van der Waals surface area contributed by atoms with E-state index in [2.05, 4.69) is 4.98 Å². The van der Waals surface area contributed by atoms with Crippen molar-refractivity contribution in [2.45, 2.75) is 18.5 Å². The van der Waals surface area contributed by atoms with Crippen LogP contribution in [0.4, 0.5) is 13.2 Å². The first-order chi connectivity index (χ1) is 15.7. The van der Waals surface area contributed by atoms with Crippen LogP contribution in [0.15, 0.2) is 59.5 Å². The van der Waals surface area contributed by atoms with Crippen LogP contribution in [-0.4, -0.2) is 33.3 Å². The summed E-state index contributed by atoms with van der Waals surface area (Å²) in [4.78, 5) is 18.8. The second-order valence-electron chi connectivity index (χ2n) is 7.89. The SMILES string of the molecule is O=C(c1nc2c(C(F)(F)F)cc(-c3ccoc3)cn2c1Cl)N1CCC(c2cccc(Cl)c2)C1. The third-order valence-electron chi connectivity index (χ3n) is 5.82. The maximum absolute atomic E-state index is 13.8. The zero-order valence-electron chi connectivity index (χ0n) is 16.9. The van der Waals surface area contributed by atoms with Crippen LogP contribution in [0.5, 0.6) is 0 Å². The van der Waals surface area contributed by atoms with Crippen molar-refractivity contribution in [1.82, 2.24) is 14.3 Å². The van der Waals surface area contributed by atoms with E-state index in [0.717, 1.165) is 16.0 Å². The van der Waals surface area contributed by atoms with Gasteiger partial charge in [-0.05, 0) is 36.2 Å². The Kier molecular flexibility index (Phi) is 5.37. The number of imidazole rings is 1. The number of benzene rings is 1. The van der Waals surface area contributed by atoms with Gasteiger partial charge >= 0.3 is 6.18 Å². The minimum atomic E-state index is -4.69. The minimum Gasteiger partial charge on any atom is -0.472 e. The molecule has 1 saturated heterocycles. The fraction of sp³-hybridized carbons (Fsp3) is 0.217. The van der Waals surface area contributed by atoms with Crippen LogP contribution >= 0.6 is 23.2 Å². The van der Waals surface area contributed by atoms with Gasteiger partial charge in [-0.25, -0.2) is 4.98 Å². The molecule has 1 unspecified atom stereocenters. The van der Waals surface area contributed by atoms with Gasteiger partial charge in [0.1, 0.15) is 5.15 Å². The molecule has 0 bridgehead atoms. The number of halogens is 5. The molecule has 170 valence electrons. The Hall–Kier alpha value is -2.97. The molecule has 0 saturated carbocycles.